The van der Waals surface area contributed by atoms with E-state index >= 15 is 0 Å². The van der Waals surface area contributed by atoms with Crippen LogP contribution in [0.1, 0.15) is 251 Å². The van der Waals surface area contributed by atoms with Gasteiger partial charge in [-0.25, -0.2) is 0 Å². The molecule has 0 radical (unpaired) electrons. The molecule has 0 aromatic rings. The van der Waals surface area contributed by atoms with Gasteiger partial charge in [0.2, 0.25) is 5.91 Å². The number of carbonyl (C=O) groups excluding carboxylic acids is 1. The van der Waals surface area contributed by atoms with Crippen LogP contribution in [0, 0.1) is 0 Å². The van der Waals surface area contributed by atoms with E-state index in [9.17, 15) is 30.3 Å². The van der Waals surface area contributed by atoms with Gasteiger partial charge in [0.15, 0.2) is 6.29 Å². The lowest BCUT2D eigenvalue weighted by molar-refractivity contribution is -0.302. The number of unbranched alkanes of at least 4 members (excludes halogenated alkanes) is 32. The van der Waals surface area contributed by atoms with E-state index in [0.717, 1.165) is 38.5 Å². The molecule has 1 aliphatic rings. The quantitative estimate of drug-likeness (QED) is 0.0261. The lowest BCUT2D eigenvalue weighted by atomic mass is 9.99. The number of amides is 1. The molecule has 9 nitrogen and oxygen atoms in total. The molecule has 0 saturated carbocycles. The third-order valence-corrected chi connectivity index (χ3v) is 12.9. The second-order valence-electron chi connectivity index (χ2n) is 19.0. The molecule has 7 unspecified atom stereocenters. The zero-order chi connectivity index (χ0) is 46.6. The van der Waals surface area contributed by atoms with Crippen molar-refractivity contribution in [3.05, 3.63) is 36.5 Å². The summed E-state index contributed by atoms with van der Waals surface area (Å²) in [7, 11) is 0. The van der Waals surface area contributed by atoms with Crippen LogP contribution >= 0.6 is 0 Å². The smallest absolute Gasteiger partial charge is 0.220 e. The molecule has 0 bridgehead atoms. The fourth-order valence-corrected chi connectivity index (χ4v) is 8.58. The summed E-state index contributed by atoms with van der Waals surface area (Å²) in [5.41, 5.74) is 0. The predicted octanol–water partition coefficient (Wildman–Crippen LogP) is 12.8. The van der Waals surface area contributed by atoms with E-state index in [0.29, 0.717) is 6.42 Å². The van der Waals surface area contributed by atoms with E-state index in [1.807, 2.05) is 6.08 Å². The normalized spacial score (nSPS) is 20.3. The molecular formula is C55H103NO8. The molecule has 1 amide bonds. The minimum atomic E-state index is -1.57. The van der Waals surface area contributed by atoms with Gasteiger partial charge in [0.05, 0.1) is 25.4 Å². The predicted molar refractivity (Wildman–Crippen MR) is 267 cm³/mol. The number of allylic oxidation sites excluding steroid dienone is 5. The Kier molecular flexibility index (Phi) is 42.7. The molecule has 1 heterocycles. The van der Waals surface area contributed by atoms with E-state index in [1.165, 1.54) is 193 Å². The Morgan fingerprint density at radius 2 is 0.891 bits per heavy atom. The summed E-state index contributed by atoms with van der Waals surface area (Å²) in [6.07, 6.45) is 50.7. The first-order chi connectivity index (χ1) is 31.3. The monoisotopic (exact) mass is 906 g/mol. The standard InChI is InChI=1S/C55H103NO8/c1-3-5-7-9-11-13-15-17-19-20-21-22-23-24-25-26-27-28-29-30-31-33-35-37-39-41-43-45-51(59)56-48(47-63-55-54(62)53(61)52(60)50(46-57)64-55)49(58)44-42-40-38-36-34-32-18-16-14-12-10-8-6-4-2/h24-25,34,36,42,44,48-50,52-55,57-58,60-62H,3-23,26-33,35,37-41,43,45-47H2,1-2H3,(H,56,59)/b25-24-,36-34+,44-42+. The Morgan fingerprint density at radius 3 is 1.31 bits per heavy atom. The number of hydrogen-bond donors (Lipinski definition) is 6. The molecule has 1 rings (SSSR count). The highest BCUT2D eigenvalue weighted by atomic mass is 16.7. The first kappa shape index (κ1) is 60.4. The Morgan fingerprint density at radius 1 is 0.516 bits per heavy atom. The van der Waals surface area contributed by atoms with Gasteiger partial charge in [0, 0.05) is 6.42 Å². The first-order valence-corrected chi connectivity index (χ1v) is 27.2. The van der Waals surface area contributed by atoms with Crippen LogP contribution in [-0.2, 0) is 14.3 Å². The molecule has 0 aromatic carbocycles. The van der Waals surface area contributed by atoms with Crippen molar-refractivity contribution >= 4 is 5.91 Å². The average molecular weight is 906 g/mol. The lowest BCUT2D eigenvalue weighted by Gasteiger charge is -2.40. The van der Waals surface area contributed by atoms with Crippen LogP contribution in [0.3, 0.4) is 0 Å². The molecule has 1 aliphatic heterocycles. The molecule has 9 heteroatoms. The van der Waals surface area contributed by atoms with Crippen molar-refractivity contribution in [2.45, 2.75) is 294 Å². The van der Waals surface area contributed by atoms with Crippen LogP contribution in [0.2, 0.25) is 0 Å². The largest absolute Gasteiger partial charge is 0.394 e. The second-order valence-corrected chi connectivity index (χ2v) is 19.0. The number of aliphatic hydroxyl groups excluding tert-OH is 5. The zero-order valence-corrected chi connectivity index (χ0v) is 41.5. The van der Waals surface area contributed by atoms with Crippen molar-refractivity contribution in [1.29, 1.82) is 0 Å². The molecule has 7 atom stereocenters. The highest BCUT2D eigenvalue weighted by Crippen LogP contribution is 2.23. The average Bonchev–Trinajstić information content (AvgIpc) is 3.29. The molecule has 376 valence electrons. The summed E-state index contributed by atoms with van der Waals surface area (Å²) in [5, 5.41) is 54.3. The number of carbonyl (C=O) groups is 1. The van der Waals surface area contributed by atoms with E-state index in [1.54, 1.807) is 6.08 Å². The molecule has 6 N–H and O–H groups in total. The maximum atomic E-state index is 13.0. The third kappa shape index (κ3) is 34.7. The van der Waals surface area contributed by atoms with Crippen molar-refractivity contribution in [2.24, 2.45) is 0 Å². The number of nitrogens with one attached hydrogen (secondary N) is 1. The van der Waals surface area contributed by atoms with E-state index in [4.69, 9.17) is 9.47 Å². The Balaban J connectivity index is 2.21. The summed E-state index contributed by atoms with van der Waals surface area (Å²) < 4.78 is 11.2. The second kappa shape index (κ2) is 45.2. The zero-order valence-electron chi connectivity index (χ0n) is 41.5. The molecule has 0 aliphatic carbocycles. The van der Waals surface area contributed by atoms with Crippen molar-refractivity contribution in [1.82, 2.24) is 5.32 Å². The van der Waals surface area contributed by atoms with Crippen molar-refractivity contribution in [3.63, 3.8) is 0 Å². The molecule has 0 spiro atoms. The molecule has 64 heavy (non-hydrogen) atoms. The number of rotatable bonds is 46. The van der Waals surface area contributed by atoms with Gasteiger partial charge in [-0.1, -0.05) is 224 Å². The summed E-state index contributed by atoms with van der Waals surface area (Å²) >= 11 is 0. The topological polar surface area (TPSA) is 149 Å². The van der Waals surface area contributed by atoms with Crippen LogP contribution in [0.15, 0.2) is 36.5 Å². The SMILES string of the molecule is CCCCCCCCCC/C=C/CC/C=C/C(O)C(COC1OC(CO)C(O)C(O)C1O)NC(=O)CCCCCCCCCCCCC/C=C\CCCCCCCCCCCCCC. The molecule has 0 aromatic heterocycles. The van der Waals surface area contributed by atoms with Gasteiger partial charge in [0.25, 0.3) is 0 Å². The summed E-state index contributed by atoms with van der Waals surface area (Å²) in [6.45, 7) is 3.77. The Bertz CT molecular complexity index is 1100. The van der Waals surface area contributed by atoms with Crippen LogP contribution in [-0.4, -0.2) is 87.5 Å². The highest BCUT2D eigenvalue weighted by molar-refractivity contribution is 5.76. The van der Waals surface area contributed by atoms with E-state index in [2.05, 4.69) is 43.5 Å². The minimum absolute atomic E-state index is 0.186. The third-order valence-electron chi connectivity index (χ3n) is 12.9. The van der Waals surface area contributed by atoms with Crippen LogP contribution in [0.25, 0.3) is 0 Å². The van der Waals surface area contributed by atoms with Gasteiger partial charge in [-0.05, 0) is 57.8 Å². The maximum absolute atomic E-state index is 13.0. The first-order valence-electron chi connectivity index (χ1n) is 27.2. The van der Waals surface area contributed by atoms with Gasteiger partial charge in [-0.2, -0.15) is 0 Å². The van der Waals surface area contributed by atoms with Gasteiger partial charge in [0.1, 0.15) is 24.4 Å². The fraction of sp³-hybridized carbons (Fsp3) is 0.873. The summed E-state index contributed by atoms with van der Waals surface area (Å²) in [5.74, 6) is -0.186. The number of ether oxygens (including phenoxy) is 2. The van der Waals surface area contributed by atoms with Crippen molar-refractivity contribution in [2.75, 3.05) is 13.2 Å². The minimum Gasteiger partial charge on any atom is -0.394 e. The van der Waals surface area contributed by atoms with Gasteiger partial charge < -0.3 is 40.3 Å². The molecular weight excluding hydrogens is 803 g/mol. The van der Waals surface area contributed by atoms with Crippen LogP contribution < -0.4 is 5.32 Å². The fourth-order valence-electron chi connectivity index (χ4n) is 8.58. The Labute approximate surface area is 393 Å². The summed E-state index contributed by atoms with van der Waals surface area (Å²) in [4.78, 5) is 13.0. The number of aliphatic hydroxyl groups is 5. The summed E-state index contributed by atoms with van der Waals surface area (Å²) in [6, 6.07) is -0.820. The van der Waals surface area contributed by atoms with Crippen LogP contribution in [0.5, 0.6) is 0 Å². The Hall–Kier alpha value is -1.59. The van der Waals surface area contributed by atoms with Gasteiger partial charge >= 0.3 is 0 Å². The van der Waals surface area contributed by atoms with E-state index in [-0.39, 0.29) is 12.5 Å². The maximum Gasteiger partial charge on any atom is 0.220 e. The number of hydrogen-bond acceptors (Lipinski definition) is 8. The lowest BCUT2D eigenvalue weighted by Crippen LogP contribution is -2.60. The molecule has 1 fully saturated rings. The van der Waals surface area contributed by atoms with Crippen molar-refractivity contribution < 1.29 is 39.8 Å². The van der Waals surface area contributed by atoms with E-state index < -0.39 is 49.5 Å². The van der Waals surface area contributed by atoms with Gasteiger partial charge in [-0.15, -0.1) is 0 Å². The van der Waals surface area contributed by atoms with Gasteiger partial charge in [-0.3, -0.25) is 4.79 Å². The molecule has 1 saturated heterocycles. The van der Waals surface area contributed by atoms with Crippen molar-refractivity contribution in [3.8, 4) is 0 Å². The highest BCUT2D eigenvalue weighted by Gasteiger charge is 2.44. The van der Waals surface area contributed by atoms with Crippen LogP contribution in [0.4, 0.5) is 0 Å².